The molecule has 3 saturated heterocycles. The minimum absolute atomic E-state index is 0.0151. The SMILES string of the molecule is CCOC(=O)CC1CCO[C@]2([C@@H](O)[C@@](C)(O)CO)NC(=O)[C@@]1(O)NC2=O. The number of carbonyl (C=O) groups is 3. The molecule has 148 valence electrons. The molecule has 3 aliphatic heterocycles. The number of nitrogens with one attached hydrogen (secondary N) is 2. The fourth-order valence-electron chi connectivity index (χ4n) is 3.07. The average molecular weight is 376 g/mol. The molecule has 0 spiro atoms. The summed E-state index contributed by atoms with van der Waals surface area (Å²) in [5.74, 6) is -3.92. The fourth-order valence-corrected chi connectivity index (χ4v) is 3.07. The minimum Gasteiger partial charge on any atom is -0.466 e. The van der Waals surface area contributed by atoms with Gasteiger partial charge in [0.15, 0.2) is 0 Å². The van der Waals surface area contributed by atoms with Gasteiger partial charge in [-0.25, -0.2) is 0 Å². The molecular formula is C15H24N2O9. The van der Waals surface area contributed by atoms with E-state index in [1.165, 1.54) is 0 Å². The van der Waals surface area contributed by atoms with E-state index in [0.717, 1.165) is 6.92 Å². The van der Waals surface area contributed by atoms with Crippen LogP contribution in [0.1, 0.15) is 26.7 Å². The van der Waals surface area contributed by atoms with E-state index < -0.39 is 53.5 Å². The Bertz CT molecular complexity index is 596. The minimum atomic E-state index is -2.41. The molecule has 3 heterocycles. The summed E-state index contributed by atoms with van der Waals surface area (Å²) in [6.07, 6.45) is -2.39. The highest BCUT2D eigenvalue weighted by Gasteiger charge is 2.64. The molecule has 26 heavy (non-hydrogen) atoms. The second kappa shape index (κ2) is 7.08. The van der Waals surface area contributed by atoms with Crippen molar-refractivity contribution in [3.8, 4) is 0 Å². The van der Waals surface area contributed by atoms with Crippen LogP contribution in [0.3, 0.4) is 0 Å². The summed E-state index contributed by atoms with van der Waals surface area (Å²) in [4.78, 5) is 36.8. The predicted molar refractivity (Wildman–Crippen MR) is 83.0 cm³/mol. The van der Waals surface area contributed by atoms with Crippen LogP contribution in [0.25, 0.3) is 0 Å². The number of piperazine rings is 1. The molecule has 0 saturated carbocycles. The Kier molecular flexibility index (Phi) is 5.59. The van der Waals surface area contributed by atoms with E-state index in [0.29, 0.717) is 0 Å². The number of aliphatic hydroxyl groups excluding tert-OH is 2. The number of ether oxygens (including phenoxy) is 2. The van der Waals surface area contributed by atoms with Crippen LogP contribution in [-0.2, 0) is 23.9 Å². The summed E-state index contributed by atoms with van der Waals surface area (Å²) >= 11 is 0. The summed E-state index contributed by atoms with van der Waals surface area (Å²) in [5.41, 5.74) is -6.99. The van der Waals surface area contributed by atoms with Gasteiger partial charge in [0.25, 0.3) is 17.5 Å². The van der Waals surface area contributed by atoms with Crippen molar-refractivity contribution in [3.63, 3.8) is 0 Å². The largest absolute Gasteiger partial charge is 0.466 e. The number of esters is 1. The van der Waals surface area contributed by atoms with Crippen molar-refractivity contribution in [2.24, 2.45) is 5.92 Å². The molecular weight excluding hydrogens is 352 g/mol. The maximum absolute atomic E-state index is 12.6. The first-order valence-electron chi connectivity index (χ1n) is 8.22. The summed E-state index contributed by atoms with van der Waals surface area (Å²) in [6, 6.07) is 0. The Morgan fingerprint density at radius 1 is 1.42 bits per heavy atom. The highest BCUT2D eigenvalue weighted by Crippen LogP contribution is 2.35. The number of aliphatic hydroxyl groups is 4. The van der Waals surface area contributed by atoms with Gasteiger partial charge in [-0.05, 0) is 20.3 Å². The molecule has 0 aromatic heterocycles. The van der Waals surface area contributed by atoms with E-state index in [2.05, 4.69) is 10.6 Å². The number of hydrogen-bond acceptors (Lipinski definition) is 9. The van der Waals surface area contributed by atoms with Crippen LogP contribution in [0.4, 0.5) is 0 Å². The number of amides is 2. The molecule has 3 fully saturated rings. The molecule has 0 aromatic carbocycles. The van der Waals surface area contributed by atoms with Crippen molar-refractivity contribution in [1.82, 2.24) is 10.6 Å². The molecule has 11 nitrogen and oxygen atoms in total. The third kappa shape index (κ3) is 3.28. The van der Waals surface area contributed by atoms with Crippen molar-refractivity contribution < 1.29 is 44.3 Å². The Hall–Kier alpha value is -1.79. The average Bonchev–Trinajstić information content (AvgIpc) is 2.57. The Morgan fingerprint density at radius 2 is 2.08 bits per heavy atom. The maximum atomic E-state index is 12.6. The first-order chi connectivity index (χ1) is 12.0. The van der Waals surface area contributed by atoms with Crippen LogP contribution in [0.5, 0.6) is 0 Å². The van der Waals surface area contributed by atoms with Gasteiger partial charge in [0, 0.05) is 5.92 Å². The maximum Gasteiger partial charge on any atom is 0.306 e. The van der Waals surface area contributed by atoms with Crippen LogP contribution in [-0.4, -0.2) is 81.2 Å². The van der Waals surface area contributed by atoms with E-state index in [9.17, 15) is 34.8 Å². The summed E-state index contributed by atoms with van der Waals surface area (Å²) < 4.78 is 10.2. The van der Waals surface area contributed by atoms with E-state index in [1.807, 2.05) is 0 Å². The van der Waals surface area contributed by atoms with Gasteiger partial charge in [0.05, 0.1) is 26.2 Å². The lowest BCUT2D eigenvalue weighted by Crippen LogP contribution is -2.83. The van der Waals surface area contributed by atoms with Crippen molar-refractivity contribution in [2.45, 2.75) is 49.8 Å². The molecule has 2 amide bonds. The smallest absolute Gasteiger partial charge is 0.306 e. The van der Waals surface area contributed by atoms with Crippen LogP contribution >= 0.6 is 0 Å². The quantitative estimate of drug-likeness (QED) is 0.260. The van der Waals surface area contributed by atoms with Gasteiger partial charge in [-0.2, -0.15) is 0 Å². The molecule has 1 unspecified atom stereocenters. The fraction of sp³-hybridized carbons (Fsp3) is 0.800. The second-order valence-electron chi connectivity index (χ2n) is 6.67. The highest BCUT2D eigenvalue weighted by molar-refractivity contribution is 6.01. The van der Waals surface area contributed by atoms with Gasteiger partial charge < -0.3 is 40.5 Å². The molecule has 6 N–H and O–H groups in total. The lowest BCUT2D eigenvalue weighted by molar-refractivity contribution is -0.241. The third-order valence-electron chi connectivity index (χ3n) is 4.69. The lowest BCUT2D eigenvalue weighted by atomic mass is 9.81. The van der Waals surface area contributed by atoms with Gasteiger partial charge in [-0.15, -0.1) is 0 Å². The van der Waals surface area contributed by atoms with Crippen molar-refractivity contribution in [3.05, 3.63) is 0 Å². The highest BCUT2D eigenvalue weighted by atomic mass is 16.5. The first kappa shape index (κ1) is 20.5. The van der Waals surface area contributed by atoms with Crippen molar-refractivity contribution in [1.29, 1.82) is 0 Å². The van der Waals surface area contributed by atoms with E-state index in [1.54, 1.807) is 6.92 Å². The third-order valence-corrected chi connectivity index (χ3v) is 4.69. The van der Waals surface area contributed by atoms with Gasteiger partial charge >= 0.3 is 5.97 Å². The topological polar surface area (TPSA) is 175 Å². The number of hydrogen-bond donors (Lipinski definition) is 6. The molecule has 2 bridgehead atoms. The van der Waals surface area contributed by atoms with Crippen LogP contribution in [0.15, 0.2) is 0 Å². The van der Waals surface area contributed by atoms with Gasteiger partial charge in [0.2, 0.25) is 5.72 Å². The normalized spacial score (nSPS) is 34.8. The van der Waals surface area contributed by atoms with Crippen LogP contribution in [0, 0.1) is 5.92 Å². The van der Waals surface area contributed by atoms with E-state index in [4.69, 9.17) is 9.47 Å². The monoisotopic (exact) mass is 376 g/mol. The van der Waals surface area contributed by atoms with E-state index in [-0.39, 0.29) is 26.1 Å². The standard InChI is InChI=1S/C15H24N2O9/c1-3-25-9(19)6-8-4-5-26-15(10(20)13(2,23)7-18)12(22)16-14(8,24)11(21)17-15/h8,10,18,20,23-24H,3-7H2,1-2H3,(H,16,22)(H,17,21)/t8?,10-,13-,14+,15-/m0/s1. The summed E-state index contributed by atoms with van der Waals surface area (Å²) in [6.45, 7) is 1.63. The zero-order valence-electron chi connectivity index (χ0n) is 14.5. The Morgan fingerprint density at radius 3 is 2.65 bits per heavy atom. The molecule has 0 aromatic rings. The zero-order chi connectivity index (χ0) is 19.8. The Balaban J connectivity index is 2.34. The molecule has 3 rings (SSSR count). The Labute approximate surface area is 149 Å². The van der Waals surface area contributed by atoms with Gasteiger partial charge in [-0.1, -0.05) is 0 Å². The van der Waals surface area contributed by atoms with Crippen molar-refractivity contribution in [2.75, 3.05) is 19.8 Å². The van der Waals surface area contributed by atoms with Crippen LogP contribution in [0.2, 0.25) is 0 Å². The lowest BCUT2D eigenvalue weighted by Gasteiger charge is -2.51. The first-order valence-corrected chi connectivity index (χ1v) is 8.22. The second-order valence-corrected chi connectivity index (χ2v) is 6.67. The molecule has 0 aliphatic carbocycles. The number of rotatable bonds is 6. The van der Waals surface area contributed by atoms with Gasteiger partial charge in [0.1, 0.15) is 11.7 Å². The summed E-state index contributed by atoms with van der Waals surface area (Å²) in [5, 5.41) is 44.6. The molecule has 5 atom stereocenters. The van der Waals surface area contributed by atoms with Crippen molar-refractivity contribution >= 4 is 17.8 Å². The van der Waals surface area contributed by atoms with Crippen LogP contribution < -0.4 is 10.6 Å². The zero-order valence-corrected chi connectivity index (χ0v) is 14.5. The summed E-state index contributed by atoms with van der Waals surface area (Å²) in [7, 11) is 0. The predicted octanol–water partition coefficient (Wildman–Crippen LogP) is -3.29. The van der Waals surface area contributed by atoms with E-state index >= 15 is 0 Å². The molecule has 0 radical (unpaired) electrons. The number of fused-ring (bicyclic) bond motifs is 5. The molecule has 11 heteroatoms. The molecule has 3 aliphatic rings. The van der Waals surface area contributed by atoms with Gasteiger partial charge in [-0.3, -0.25) is 14.4 Å². The number of carbonyl (C=O) groups excluding carboxylic acids is 3.